The third-order valence-electron chi connectivity index (χ3n) is 8.92. The Bertz CT molecular complexity index is 1850. The Kier molecular flexibility index (Phi) is 3.95. The Balaban J connectivity index is 1.46. The van der Waals surface area contributed by atoms with E-state index >= 15 is 0 Å². The van der Waals surface area contributed by atoms with Gasteiger partial charge in [-0.25, -0.2) is 0 Å². The molecule has 4 aliphatic heterocycles. The second-order valence-electron chi connectivity index (χ2n) is 10.7. The molecule has 1 saturated heterocycles. The second kappa shape index (κ2) is 7.22. The van der Waals surface area contributed by atoms with Gasteiger partial charge in [0.05, 0.1) is 41.6 Å². The third kappa shape index (κ3) is 2.41. The summed E-state index contributed by atoms with van der Waals surface area (Å²) in [7, 11) is 0. The molecule has 7 heteroatoms. The summed E-state index contributed by atoms with van der Waals surface area (Å²) in [5, 5.41) is 5.56. The fraction of sp³-hybridized carbons (Fsp3) is 0.226. The fourth-order valence-electron chi connectivity index (χ4n) is 7.52. The number of carbonyl (C=O) groups is 2. The highest BCUT2D eigenvalue weighted by molar-refractivity contribution is 6.29. The second-order valence-corrected chi connectivity index (χ2v) is 10.7. The first-order valence-electron chi connectivity index (χ1n) is 13.2. The van der Waals surface area contributed by atoms with Gasteiger partial charge < -0.3 is 14.2 Å². The SMILES string of the molecule is O=C1NC(=O)c2c1c1c3c4c2c2c(n4[C@@H]4COC[C@H](N3C3C=CC=CC=13)N4Cc1ccccc1)=CC=CC2. The summed E-state index contributed by atoms with van der Waals surface area (Å²) in [6, 6.07) is 10.5. The van der Waals surface area contributed by atoms with Gasteiger partial charge >= 0.3 is 0 Å². The molecule has 7 nitrogen and oxygen atoms in total. The van der Waals surface area contributed by atoms with E-state index in [-0.39, 0.29) is 30.2 Å². The molecule has 0 saturated carbocycles. The van der Waals surface area contributed by atoms with Crippen LogP contribution in [-0.2, 0) is 17.7 Å². The largest absolute Gasteiger partial charge is 0.374 e. The molecule has 2 bridgehead atoms. The van der Waals surface area contributed by atoms with Crippen molar-refractivity contribution in [3.63, 3.8) is 0 Å². The number of morpholine rings is 1. The summed E-state index contributed by atoms with van der Waals surface area (Å²) in [5.74, 6) is -0.589. The summed E-state index contributed by atoms with van der Waals surface area (Å²) in [4.78, 5) is 31.8. The Hall–Kier alpha value is -4.20. The number of fused-ring (bicyclic) bond motifs is 12. The molecule has 3 aromatic rings. The van der Waals surface area contributed by atoms with Crippen LogP contribution in [0.25, 0.3) is 22.6 Å². The summed E-state index contributed by atoms with van der Waals surface area (Å²) in [6.45, 7) is 1.88. The number of hydrogen-bond donors (Lipinski definition) is 1. The molecule has 1 unspecified atom stereocenters. The number of allylic oxidation sites excluding steroid dienone is 4. The lowest BCUT2D eigenvalue weighted by atomic mass is 9.94. The quantitative estimate of drug-likeness (QED) is 0.547. The number of imide groups is 1. The molecule has 9 rings (SSSR count). The number of benzene rings is 2. The van der Waals surface area contributed by atoms with Crippen LogP contribution in [-0.4, -0.2) is 46.7 Å². The molecule has 2 amide bonds. The summed E-state index contributed by atoms with van der Waals surface area (Å²) in [6.07, 6.45) is 15.4. The molecule has 0 radical (unpaired) electrons. The first-order valence-corrected chi connectivity index (χ1v) is 13.2. The molecule has 6 aliphatic rings. The number of amides is 2. The smallest absolute Gasteiger partial charge is 0.259 e. The van der Waals surface area contributed by atoms with Crippen molar-refractivity contribution in [1.29, 1.82) is 0 Å². The van der Waals surface area contributed by atoms with Crippen molar-refractivity contribution >= 4 is 40.1 Å². The number of carbonyl (C=O) groups excluding carboxylic acids is 2. The van der Waals surface area contributed by atoms with E-state index in [2.05, 4.69) is 86.5 Å². The van der Waals surface area contributed by atoms with Gasteiger partial charge in [0.1, 0.15) is 12.3 Å². The molecule has 1 N–H and O–H groups in total. The van der Waals surface area contributed by atoms with Gasteiger partial charge in [0.15, 0.2) is 0 Å². The van der Waals surface area contributed by atoms with E-state index < -0.39 is 0 Å². The van der Waals surface area contributed by atoms with Crippen LogP contribution in [0.5, 0.6) is 0 Å². The first-order chi connectivity index (χ1) is 18.7. The Morgan fingerprint density at radius 3 is 2.71 bits per heavy atom. The molecule has 5 heterocycles. The maximum atomic E-state index is 13.4. The average molecular weight is 501 g/mol. The van der Waals surface area contributed by atoms with Gasteiger partial charge in [-0.05, 0) is 29.2 Å². The minimum atomic E-state index is -0.296. The number of ether oxygens (including phenoxy) is 1. The number of nitrogens with one attached hydrogen (secondary N) is 1. The molecule has 1 fully saturated rings. The van der Waals surface area contributed by atoms with Crippen LogP contribution >= 0.6 is 0 Å². The Morgan fingerprint density at radius 2 is 1.82 bits per heavy atom. The molecule has 38 heavy (non-hydrogen) atoms. The lowest BCUT2D eigenvalue weighted by Crippen LogP contribution is -2.58. The van der Waals surface area contributed by atoms with Crippen molar-refractivity contribution in [3.8, 4) is 0 Å². The maximum absolute atomic E-state index is 13.4. The Morgan fingerprint density at radius 1 is 0.974 bits per heavy atom. The lowest BCUT2D eigenvalue weighted by molar-refractivity contribution is -0.0797. The minimum Gasteiger partial charge on any atom is -0.374 e. The normalized spacial score (nSPS) is 25.8. The monoisotopic (exact) mass is 500 g/mol. The first kappa shape index (κ1) is 20.8. The number of hydrogen-bond acceptors (Lipinski definition) is 5. The van der Waals surface area contributed by atoms with E-state index in [4.69, 9.17) is 4.74 Å². The van der Waals surface area contributed by atoms with Crippen LogP contribution in [0.2, 0.25) is 0 Å². The summed E-state index contributed by atoms with van der Waals surface area (Å²) in [5.41, 5.74) is 6.60. The molecule has 1 aromatic heterocycles. The van der Waals surface area contributed by atoms with Crippen LogP contribution < -0.4 is 20.8 Å². The zero-order valence-electron chi connectivity index (χ0n) is 20.6. The van der Waals surface area contributed by atoms with E-state index in [1.165, 1.54) is 5.56 Å². The van der Waals surface area contributed by atoms with Gasteiger partial charge in [0.2, 0.25) is 0 Å². The predicted molar refractivity (Wildman–Crippen MR) is 144 cm³/mol. The maximum Gasteiger partial charge on any atom is 0.259 e. The van der Waals surface area contributed by atoms with Gasteiger partial charge in [0, 0.05) is 22.5 Å². The van der Waals surface area contributed by atoms with Crippen molar-refractivity contribution in [2.24, 2.45) is 0 Å². The predicted octanol–water partition coefficient (Wildman–Crippen LogP) is 2.25. The van der Waals surface area contributed by atoms with Gasteiger partial charge in [-0.15, -0.1) is 0 Å². The van der Waals surface area contributed by atoms with E-state index in [1.54, 1.807) is 0 Å². The van der Waals surface area contributed by atoms with Crippen LogP contribution in [0.4, 0.5) is 5.69 Å². The zero-order valence-corrected chi connectivity index (χ0v) is 20.6. The number of nitrogens with zero attached hydrogens (tertiary/aromatic N) is 3. The Labute approximate surface area is 218 Å². The van der Waals surface area contributed by atoms with Crippen molar-refractivity contribution < 1.29 is 14.3 Å². The van der Waals surface area contributed by atoms with E-state index in [0.29, 0.717) is 24.3 Å². The molecule has 2 aliphatic carbocycles. The molecule has 0 spiro atoms. The van der Waals surface area contributed by atoms with Crippen molar-refractivity contribution in [2.75, 3.05) is 18.1 Å². The van der Waals surface area contributed by atoms with Crippen LogP contribution in [0.1, 0.15) is 38.0 Å². The van der Waals surface area contributed by atoms with E-state index in [0.717, 1.165) is 51.3 Å². The van der Waals surface area contributed by atoms with Crippen molar-refractivity contribution in [3.05, 3.63) is 99.6 Å². The van der Waals surface area contributed by atoms with Crippen LogP contribution in [0, 0.1) is 0 Å². The summed E-state index contributed by atoms with van der Waals surface area (Å²) < 4.78 is 8.76. The minimum absolute atomic E-state index is 0.0394. The highest BCUT2D eigenvalue weighted by Gasteiger charge is 2.49. The van der Waals surface area contributed by atoms with Gasteiger partial charge in [-0.2, -0.15) is 0 Å². The average Bonchev–Trinajstić information content (AvgIpc) is 3.55. The highest BCUT2D eigenvalue weighted by atomic mass is 16.5. The van der Waals surface area contributed by atoms with E-state index in [9.17, 15) is 9.59 Å². The molecule has 2 aromatic carbocycles. The van der Waals surface area contributed by atoms with Gasteiger partial charge in [0.25, 0.3) is 11.8 Å². The molecule has 186 valence electrons. The van der Waals surface area contributed by atoms with E-state index in [1.807, 2.05) is 6.08 Å². The van der Waals surface area contributed by atoms with Gasteiger partial charge in [-0.3, -0.25) is 19.8 Å². The van der Waals surface area contributed by atoms with Crippen LogP contribution in [0.3, 0.4) is 0 Å². The molecular formula is C31H24N4O3. The number of rotatable bonds is 2. The fourth-order valence-corrected chi connectivity index (χ4v) is 7.52. The van der Waals surface area contributed by atoms with Crippen molar-refractivity contribution in [1.82, 2.24) is 14.8 Å². The van der Waals surface area contributed by atoms with Crippen molar-refractivity contribution in [2.45, 2.75) is 31.3 Å². The number of anilines is 1. The lowest BCUT2D eigenvalue weighted by Gasteiger charge is -2.46. The molecule has 3 atom stereocenters. The van der Waals surface area contributed by atoms with Gasteiger partial charge in [-0.1, -0.05) is 66.8 Å². The number of aromatic nitrogens is 1. The molecular weight excluding hydrogens is 476 g/mol. The zero-order chi connectivity index (χ0) is 25.1. The highest BCUT2D eigenvalue weighted by Crippen LogP contribution is 2.46. The third-order valence-corrected chi connectivity index (χ3v) is 8.92. The van der Waals surface area contributed by atoms with Crippen LogP contribution in [0.15, 0.2) is 66.8 Å². The standard InChI is InChI=1S/C31H24N4O3/c36-30-26-24-18-10-4-6-12-20(18)34-22-15-38-16-23(33(22)14-17-8-2-1-3-9-17)35-21-13-7-5-11-19(21)25(29(35)28(24)34)27(26)31(37)32-30/h1-10,12-13,20,22-23H,11,14-16H2,(H,32,36,37)/t20?,22-,23+/m0/s1. The topological polar surface area (TPSA) is 66.8 Å². The summed E-state index contributed by atoms with van der Waals surface area (Å²) >= 11 is 0.